The van der Waals surface area contributed by atoms with Crippen molar-refractivity contribution in [3.8, 4) is 22.6 Å². The third-order valence-corrected chi connectivity index (χ3v) is 5.08. The average Bonchev–Trinajstić information content (AvgIpc) is 3.13. The van der Waals surface area contributed by atoms with Crippen molar-refractivity contribution < 1.29 is 24.5 Å². The number of carboxylic acids is 1. The summed E-state index contributed by atoms with van der Waals surface area (Å²) >= 11 is 0. The van der Waals surface area contributed by atoms with Crippen molar-refractivity contribution in [2.45, 2.75) is 12.3 Å². The number of aliphatic carboxylic acids is 1. The van der Waals surface area contributed by atoms with Crippen LogP contribution < -0.4 is 5.43 Å². The molecule has 0 spiro atoms. The number of nitrogens with zero attached hydrogens (tertiary/aromatic N) is 2. The Labute approximate surface area is 170 Å². The minimum Gasteiger partial charge on any atom is -0.508 e. The molecule has 0 saturated carbocycles. The maximum absolute atomic E-state index is 13.1. The van der Waals surface area contributed by atoms with Gasteiger partial charge >= 0.3 is 5.97 Å². The fraction of sp³-hybridized carbons (Fsp3) is 0.136. The van der Waals surface area contributed by atoms with E-state index in [-0.39, 0.29) is 45.4 Å². The number of phenols is 2. The molecule has 0 amide bonds. The zero-order valence-corrected chi connectivity index (χ0v) is 15.9. The third kappa shape index (κ3) is 3.28. The summed E-state index contributed by atoms with van der Waals surface area (Å²) in [7, 11) is 1.67. The van der Waals surface area contributed by atoms with Gasteiger partial charge in [-0.05, 0) is 35.9 Å². The van der Waals surface area contributed by atoms with Crippen LogP contribution in [0.25, 0.3) is 22.1 Å². The summed E-state index contributed by atoms with van der Waals surface area (Å²) in [5.41, 5.74) is 1.41. The molecule has 0 aliphatic heterocycles. The van der Waals surface area contributed by atoms with Crippen molar-refractivity contribution in [3.63, 3.8) is 0 Å². The molecule has 0 saturated heterocycles. The van der Waals surface area contributed by atoms with E-state index in [4.69, 9.17) is 4.42 Å². The summed E-state index contributed by atoms with van der Waals surface area (Å²) < 4.78 is 7.30. The lowest BCUT2D eigenvalue weighted by molar-refractivity contribution is -0.137. The molecule has 0 radical (unpaired) electrons. The van der Waals surface area contributed by atoms with Gasteiger partial charge in [0.1, 0.15) is 23.3 Å². The van der Waals surface area contributed by atoms with Crippen LogP contribution in [0.15, 0.2) is 64.1 Å². The zero-order valence-electron chi connectivity index (χ0n) is 15.9. The number of fused-ring (bicyclic) bond motifs is 1. The topological polar surface area (TPSA) is 126 Å². The van der Waals surface area contributed by atoms with E-state index >= 15 is 0 Å². The molecule has 4 aromatic rings. The fourth-order valence-electron chi connectivity index (χ4n) is 3.64. The van der Waals surface area contributed by atoms with E-state index in [1.165, 1.54) is 41.4 Å². The maximum atomic E-state index is 13.1. The summed E-state index contributed by atoms with van der Waals surface area (Å²) in [6.45, 7) is 0. The Balaban J connectivity index is 1.96. The zero-order chi connectivity index (χ0) is 21.4. The van der Waals surface area contributed by atoms with Crippen LogP contribution >= 0.6 is 0 Å². The predicted molar refractivity (Wildman–Crippen MR) is 109 cm³/mol. The average molecular weight is 406 g/mol. The summed E-state index contributed by atoms with van der Waals surface area (Å²) in [5, 5.41) is 33.8. The van der Waals surface area contributed by atoms with Gasteiger partial charge in [0.2, 0.25) is 5.43 Å². The SMILES string of the molecule is Cn1nccc1[C@H](CC(=O)O)c1c(O)ccc2c(=O)c(-c3ccc(O)cc3)coc12. The van der Waals surface area contributed by atoms with Crippen LogP contribution in [-0.2, 0) is 11.8 Å². The highest BCUT2D eigenvalue weighted by Crippen LogP contribution is 2.39. The third-order valence-electron chi connectivity index (χ3n) is 5.08. The normalized spacial score (nSPS) is 12.2. The second-order valence-electron chi connectivity index (χ2n) is 6.93. The Bertz CT molecular complexity index is 1300. The van der Waals surface area contributed by atoms with Crippen LogP contribution in [0.2, 0.25) is 0 Å². The van der Waals surface area contributed by atoms with Crippen LogP contribution in [0.1, 0.15) is 23.6 Å². The molecule has 8 heteroatoms. The van der Waals surface area contributed by atoms with Crippen LogP contribution in [0, 0.1) is 0 Å². The first kappa shape index (κ1) is 19.3. The second kappa shape index (κ2) is 7.40. The van der Waals surface area contributed by atoms with Gasteiger partial charge in [-0.25, -0.2) is 0 Å². The minimum absolute atomic E-state index is 0.0730. The van der Waals surface area contributed by atoms with E-state index in [2.05, 4.69) is 5.10 Å². The molecular formula is C22H18N2O6. The van der Waals surface area contributed by atoms with E-state index in [1.807, 2.05) is 0 Å². The van der Waals surface area contributed by atoms with E-state index < -0.39 is 11.9 Å². The van der Waals surface area contributed by atoms with Crippen molar-refractivity contribution in [2.24, 2.45) is 7.05 Å². The van der Waals surface area contributed by atoms with E-state index in [1.54, 1.807) is 25.2 Å². The number of hydrogen-bond donors (Lipinski definition) is 3. The van der Waals surface area contributed by atoms with E-state index in [0.717, 1.165) is 0 Å². The highest BCUT2D eigenvalue weighted by Gasteiger charge is 2.28. The Morgan fingerprint density at radius 3 is 2.50 bits per heavy atom. The lowest BCUT2D eigenvalue weighted by Crippen LogP contribution is -2.14. The molecule has 2 heterocycles. The smallest absolute Gasteiger partial charge is 0.304 e. The number of benzene rings is 2. The number of aryl methyl sites for hydroxylation is 1. The number of aromatic nitrogens is 2. The van der Waals surface area contributed by atoms with Gasteiger partial charge in [0.15, 0.2) is 0 Å². The largest absolute Gasteiger partial charge is 0.508 e. The highest BCUT2D eigenvalue weighted by atomic mass is 16.4. The van der Waals surface area contributed by atoms with E-state index in [9.17, 15) is 24.9 Å². The molecule has 2 aromatic heterocycles. The molecule has 2 aromatic carbocycles. The molecule has 8 nitrogen and oxygen atoms in total. The Morgan fingerprint density at radius 1 is 1.13 bits per heavy atom. The van der Waals surface area contributed by atoms with Gasteiger partial charge in [-0.15, -0.1) is 0 Å². The Hall–Kier alpha value is -4.07. The molecule has 152 valence electrons. The first-order valence-electron chi connectivity index (χ1n) is 9.13. The number of carboxylic acid groups (broad SMARTS) is 1. The minimum atomic E-state index is -1.07. The van der Waals surface area contributed by atoms with Crippen molar-refractivity contribution in [1.29, 1.82) is 0 Å². The second-order valence-corrected chi connectivity index (χ2v) is 6.93. The molecule has 0 fully saturated rings. The molecule has 1 atom stereocenters. The van der Waals surface area contributed by atoms with Gasteiger partial charge in [0.05, 0.1) is 17.4 Å². The Morgan fingerprint density at radius 2 is 1.87 bits per heavy atom. The number of aromatic hydroxyl groups is 2. The predicted octanol–water partition coefficient (Wildman–Crippen LogP) is 3.21. The molecule has 3 N–H and O–H groups in total. The van der Waals surface area contributed by atoms with Crippen molar-refractivity contribution in [3.05, 3.63) is 76.4 Å². The lowest BCUT2D eigenvalue weighted by Gasteiger charge is -2.18. The van der Waals surface area contributed by atoms with Crippen molar-refractivity contribution >= 4 is 16.9 Å². The quantitative estimate of drug-likeness (QED) is 0.465. The van der Waals surface area contributed by atoms with Gasteiger partial charge in [0, 0.05) is 30.4 Å². The summed E-state index contributed by atoms with van der Waals surface area (Å²) in [6.07, 6.45) is 2.49. The van der Waals surface area contributed by atoms with Crippen molar-refractivity contribution in [1.82, 2.24) is 9.78 Å². The van der Waals surface area contributed by atoms with Crippen LogP contribution in [0.5, 0.6) is 11.5 Å². The molecule has 0 unspecified atom stereocenters. The molecule has 0 bridgehead atoms. The first-order valence-corrected chi connectivity index (χ1v) is 9.13. The molecule has 30 heavy (non-hydrogen) atoms. The lowest BCUT2D eigenvalue weighted by atomic mass is 9.89. The Kier molecular flexibility index (Phi) is 4.75. The fourth-order valence-corrected chi connectivity index (χ4v) is 3.64. The molecule has 4 rings (SSSR count). The highest BCUT2D eigenvalue weighted by molar-refractivity contribution is 5.87. The number of rotatable bonds is 5. The standard InChI is InChI=1S/C22H18N2O6/c1-24-17(8-9-23-24)15(10-19(27)28)20-18(26)7-6-14-21(29)16(11-30-22(14)20)12-2-4-13(25)5-3-12/h2-9,11,15,25-26H,10H2,1H3,(H,27,28)/t15-/m0/s1. The van der Waals surface area contributed by atoms with Gasteiger partial charge < -0.3 is 19.7 Å². The van der Waals surface area contributed by atoms with Crippen LogP contribution in [-0.4, -0.2) is 31.1 Å². The molecule has 0 aliphatic carbocycles. The first-order chi connectivity index (χ1) is 14.4. The summed E-state index contributed by atoms with van der Waals surface area (Å²) in [4.78, 5) is 24.7. The monoisotopic (exact) mass is 406 g/mol. The van der Waals surface area contributed by atoms with Gasteiger partial charge in [-0.1, -0.05) is 12.1 Å². The summed E-state index contributed by atoms with van der Waals surface area (Å²) in [6, 6.07) is 10.6. The van der Waals surface area contributed by atoms with E-state index in [0.29, 0.717) is 11.3 Å². The number of carbonyl (C=O) groups is 1. The van der Waals surface area contributed by atoms with Crippen molar-refractivity contribution in [2.75, 3.05) is 0 Å². The molecular weight excluding hydrogens is 388 g/mol. The number of phenolic OH excluding ortho intramolecular Hbond substituents is 2. The number of hydrogen-bond acceptors (Lipinski definition) is 6. The molecule has 0 aliphatic rings. The maximum Gasteiger partial charge on any atom is 0.304 e. The van der Waals surface area contributed by atoms with Crippen LogP contribution in [0.4, 0.5) is 0 Å². The van der Waals surface area contributed by atoms with Gasteiger partial charge in [0.25, 0.3) is 0 Å². The van der Waals surface area contributed by atoms with Gasteiger partial charge in [-0.2, -0.15) is 5.10 Å². The van der Waals surface area contributed by atoms with Gasteiger partial charge in [-0.3, -0.25) is 14.3 Å². The van der Waals surface area contributed by atoms with Crippen LogP contribution in [0.3, 0.4) is 0 Å². The summed E-state index contributed by atoms with van der Waals surface area (Å²) in [5.74, 6) is -1.94.